The lowest BCUT2D eigenvalue weighted by atomic mass is 9.99. The van der Waals surface area contributed by atoms with Gasteiger partial charge in [0.1, 0.15) is 28.9 Å². The summed E-state index contributed by atoms with van der Waals surface area (Å²) in [6.07, 6.45) is 13.6. The Labute approximate surface area is 518 Å². The van der Waals surface area contributed by atoms with Gasteiger partial charge in [0.25, 0.3) is 0 Å². The molecule has 2 fully saturated rings. The van der Waals surface area contributed by atoms with E-state index in [-0.39, 0.29) is 5.91 Å². The topological polar surface area (TPSA) is 172 Å². The number of hydrogen-bond acceptors (Lipinski definition) is 13. The van der Waals surface area contributed by atoms with Crippen LogP contribution in [0.3, 0.4) is 0 Å². The van der Waals surface area contributed by atoms with E-state index in [1.54, 1.807) is 0 Å². The number of carbonyl (C=O) groups is 2. The van der Waals surface area contributed by atoms with E-state index in [9.17, 15) is 9.59 Å². The van der Waals surface area contributed by atoms with E-state index in [2.05, 4.69) is 133 Å². The molecule has 6 aromatic carbocycles. The van der Waals surface area contributed by atoms with Crippen molar-refractivity contribution in [2.75, 3.05) is 109 Å². The SMILES string of the molecule is CN1CCN(c2ccc3c(c2)N=C(c2ccc4c(c2)CC(c2cccc(OCCCC(=O)CCCCCCCCCNCCCNC(=O)CCCOc5cccc(-c6nc7ccc(-c8nc9ccc(N%10CCN(C)CC%10)cc9[nH]8)cc7[nH]6)c5)c2)=N4)C3)CC1. The summed E-state index contributed by atoms with van der Waals surface area (Å²) in [7, 11) is 4.37. The lowest BCUT2D eigenvalue weighted by Crippen LogP contribution is -2.44. The van der Waals surface area contributed by atoms with E-state index < -0.39 is 0 Å². The number of ether oxygens (including phenoxy) is 2. The predicted molar refractivity (Wildman–Crippen MR) is 357 cm³/mol. The number of carbonyl (C=O) groups excluding carboxylic acids is 2. The van der Waals surface area contributed by atoms with Gasteiger partial charge in [0.05, 0.1) is 58.1 Å². The lowest BCUT2D eigenvalue weighted by Gasteiger charge is -2.34. The van der Waals surface area contributed by atoms with Gasteiger partial charge in [-0.25, -0.2) is 9.97 Å². The van der Waals surface area contributed by atoms with Gasteiger partial charge in [-0.1, -0.05) is 68.5 Å². The summed E-state index contributed by atoms with van der Waals surface area (Å²) in [6.45, 7) is 12.0. The molecule has 12 rings (SSSR count). The molecule has 2 aromatic heterocycles. The number of piperazine rings is 2. The average molecular weight is 1180 g/mol. The highest BCUT2D eigenvalue weighted by molar-refractivity contribution is 6.10. The molecule has 0 saturated carbocycles. The average Bonchev–Trinajstić information content (AvgIpc) is 2.59. The van der Waals surface area contributed by atoms with Gasteiger partial charge in [0, 0.05) is 114 Å². The zero-order valence-electron chi connectivity index (χ0n) is 51.6. The van der Waals surface area contributed by atoms with E-state index in [1.165, 1.54) is 53.7 Å². The summed E-state index contributed by atoms with van der Waals surface area (Å²) in [5.74, 6) is 3.55. The Balaban J connectivity index is 0.457. The number of amides is 1. The first-order valence-corrected chi connectivity index (χ1v) is 32.4. The number of ketones is 1. The number of hydrogen-bond donors (Lipinski definition) is 4. The molecule has 6 heterocycles. The summed E-state index contributed by atoms with van der Waals surface area (Å²) in [6, 6.07) is 42.2. The number of aromatic nitrogens is 4. The molecule has 4 N–H and O–H groups in total. The fraction of sp³-hybridized carbons (Fsp3) is 0.417. The van der Waals surface area contributed by atoms with Gasteiger partial charge >= 0.3 is 0 Å². The zero-order chi connectivity index (χ0) is 60.0. The van der Waals surface area contributed by atoms with Gasteiger partial charge in [-0.05, 0) is 166 Å². The van der Waals surface area contributed by atoms with Crippen molar-refractivity contribution in [1.29, 1.82) is 0 Å². The first-order valence-electron chi connectivity index (χ1n) is 32.4. The maximum Gasteiger partial charge on any atom is 0.220 e. The first-order chi connectivity index (χ1) is 43.2. The Hall–Kier alpha value is -8.18. The second-order valence-corrected chi connectivity index (χ2v) is 24.5. The number of benzene rings is 6. The maximum absolute atomic E-state index is 12.7. The fourth-order valence-corrected chi connectivity index (χ4v) is 12.5. The molecule has 0 aliphatic carbocycles. The third-order valence-corrected chi connectivity index (χ3v) is 17.8. The highest BCUT2D eigenvalue weighted by Gasteiger charge is 2.24. The molecule has 0 radical (unpaired) electrons. The molecule has 4 aliphatic heterocycles. The molecule has 458 valence electrons. The van der Waals surface area contributed by atoms with E-state index in [0.717, 1.165) is 195 Å². The first kappa shape index (κ1) is 60.1. The standard InChI is InChI=1S/C72H86N12O4/c1-81-33-37-83(38-34-81)57-25-22-53-46-65(76-67(53)49-57)52-23-27-62-56(43-52)48-66(75-62)51-15-10-19-60(44-51)87-41-12-18-59(85)17-8-6-4-3-5-7-9-30-73-31-14-32-74-70(86)21-13-42-88-61-20-11-16-54(45-61)71-77-63-28-24-55(47-68(63)79-71)72-78-64-29-26-58(50-69(64)80-72)84-39-35-82(2)36-40-84/h10-11,15-16,19-20,22-29,43-45,47,49-50,73H,3-9,12-14,17-18,21,30-42,46,48H2,1-2H3,(H,74,86)(H,77,79)(H,78,80). The second-order valence-electron chi connectivity index (χ2n) is 24.5. The molecule has 0 atom stereocenters. The van der Waals surface area contributed by atoms with Crippen LogP contribution in [0.15, 0.2) is 131 Å². The maximum atomic E-state index is 12.7. The molecule has 4 aliphatic rings. The van der Waals surface area contributed by atoms with Crippen LogP contribution >= 0.6 is 0 Å². The minimum absolute atomic E-state index is 0.0550. The molecule has 0 spiro atoms. The van der Waals surface area contributed by atoms with Crippen molar-refractivity contribution >= 4 is 67.9 Å². The number of nitrogens with zero attached hydrogens (tertiary/aromatic N) is 8. The van der Waals surface area contributed by atoms with Gasteiger partial charge in [0.15, 0.2) is 0 Å². The largest absolute Gasteiger partial charge is 0.494 e. The van der Waals surface area contributed by atoms with Crippen molar-refractivity contribution in [1.82, 2.24) is 40.4 Å². The summed E-state index contributed by atoms with van der Waals surface area (Å²) >= 11 is 0. The number of H-pyrrole nitrogens is 2. The number of rotatable bonds is 30. The van der Waals surface area contributed by atoms with Crippen LogP contribution in [0.25, 0.3) is 44.8 Å². The van der Waals surface area contributed by atoms with Crippen molar-refractivity contribution in [3.63, 3.8) is 0 Å². The van der Waals surface area contributed by atoms with Crippen LogP contribution in [0.2, 0.25) is 0 Å². The summed E-state index contributed by atoms with van der Waals surface area (Å²) < 4.78 is 12.2. The molecule has 8 aromatic rings. The third kappa shape index (κ3) is 15.7. The fourth-order valence-electron chi connectivity index (χ4n) is 12.5. The van der Waals surface area contributed by atoms with E-state index in [4.69, 9.17) is 29.4 Å². The van der Waals surface area contributed by atoms with Crippen LogP contribution < -0.4 is 29.9 Å². The summed E-state index contributed by atoms with van der Waals surface area (Å²) in [4.78, 5) is 61.9. The Bertz CT molecular complexity index is 3760. The van der Waals surface area contributed by atoms with Crippen LogP contribution in [0, 0.1) is 0 Å². The van der Waals surface area contributed by atoms with Gasteiger partial charge in [-0.2, -0.15) is 0 Å². The minimum atomic E-state index is 0.0550. The van der Waals surface area contributed by atoms with Crippen LogP contribution in [-0.4, -0.2) is 152 Å². The highest BCUT2D eigenvalue weighted by atomic mass is 16.5. The quantitative estimate of drug-likeness (QED) is 0.0316. The molecule has 16 heteroatoms. The number of imidazole rings is 2. The predicted octanol–water partition coefficient (Wildman–Crippen LogP) is 12.4. The number of Topliss-reactive ketones (excluding diaryl/α,β-unsaturated/α-hetero) is 1. The number of fused-ring (bicyclic) bond motifs is 4. The van der Waals surface area contributed by atoms with Gasteiger partial charge in [-0.3, -0.25) is 19.6 Å². The number of nitrogens with one attached hydrogen (secondary N) is 4. The molecule has 88 heavy (non-hydrogen) atoms. The molecular formula is C72H86N12O4. The Morgan fingerprint density at radius 1 is 0.477 bits per heavy atom. The Morgan fingerprint density at radius 3 is 1.75 bits per heavy atom. The van der Waals surface area contributed by atoms with Crippen LogP contribution in [0.4, 0.5) is 22.7 Å². The molecule has 1 amide bonds. The lowest BCUT2D eigenvalue weighted by molar-refractivity contribution is -0.121. The van der Waals surface area contributed by atoms with Crippen LogP contribution in [0.5, 0.6) is 11.5 Å². The normalized spacial score (nSPS) is 15.2. The number of likely N-dealkylation sites (N-methyl/N-ethyl adjacent to an activating group) is 2. The zero-order valence-corrected chi connectivity index (χ0v) is 51.6. The molecule has 0 bridgehead atoms. The van der Waals surface area contributed by atoms with Crippen molar-refractivity contribution in [2.45, 2.75) is 96.3 Å². The van der Waals surface area contributed by atoms with Crippen molar-refractivity contribution in [3.05, 3.63) is 144 Å². The summed E-state index contributed by atoms with van der Waals surface area (Å²) in [5, 5.41) is 6.59. The number of anilines is 2. The Kier molecular flexibility index (Phi) is 20.0. The number of aliphatic imine (C=N–C) groups is 2. The number of aromatic amines is 2. The second kappa shape index (κ2) is 29.2. The minimum Gasteiger partial charge on any atom is -0.494 e. The van der Waals surface area contributed by atoms with Crippen molar-refractivity contribution in [3.8, 4) is 34.3 Å². The molecule has 16 nitrogen and oxygen atoms in total. The van der Waals surface area contributed by atoms with E-state index in [1.807, 2.05) is 42.5 Å². The van der Waals surface area contributed by atoms with Crippen LogP contribution in [0.1, 0.15) is 106 Å². The molecular weight excluding hydrogens is 1100 g/mol. The van der Waals surface area contributed by atoms with E-state index in [0.29, 0.717) is 51.2 Å². The van der Waals surface area contributed by atoms with Crippen LogP contribution in [-0.2, 0) is 22.4 Å². The third-order valence-electron chi connectivity index (χ3n) is 17.8. The summed E-state index contributed by atoms with van der Waals surface area (Å²) in [5.41, 5.74) is 17.3. The molecule has 2 saturated heterocycles. The smallest absolute Gasteiger partial charge is 0.220 e. The molecule has 0 unspecified atom stereocenters. The van der Waals surface area contributed by atoms with Gasteiger partial charge < -0.3 is 49.7 Å². The number of unbranched alkanes of at least 4 members (excludes halogenated alkanes) is 6. The van der Waals surface area contributed by atoms with Gasteiger partial charge in [-0.15, -0.1) is 0 Å². The highest BCUT2D eigenvalue weighted by Crippen LogP contribution is 2.37. The van der Waals surface area contributed by atoms with E-state index >= 15 is 0 Å². The van der Waals surface area contributed by atoms with Crippen molar-refractivity contribution in [2.24, 2.45) is 9.98 Å². The Morgan fingerprint density at radius 2 is 1.02 bits per heavy atom. The van der Waals surface area contributed by atoms with Crippen molar-refractivity contribution < 1.29 is 19.1 Å². The monoisotopic (exact) mass is 1180 g/mol. The van der Waals surface area contributed by atoms with Gasteiger partial charge in [0.2, 0.25) is 5.91 Å².